The fourth-order valence-corrected chi connectivity index (χ4v) is 10.6. The average molecular weight is 515 g/mol. The molecule has 2 N–H and O–H groups in total. The second-order valence-corrected chi connectivity index (χ2v) is 14.0. The van der Waals surface area contributed by atoms with Crippen LogP contribution in [0.1, 0.15) is 78.1 Å². The van der Waals surface area contributed by atoms with Gasteiger partial charge in [-0.3, -0.25) is 0 Å². The van der Waals surface area contributed by atoms with Gasteiger partial charge in [-0.1, -0.05) is 13.8 Å². The van der Waals surface area contributed by atoms with Gasteiger partial charge in [0.2, 0.25) is 0 Å². The number of hydrogen-bond acceptors (Lipinski definition) is 5. The van der Waals surface area contributed by atoms with Crippen LogP contribution in [0.5, 0.6) is 0 Å². The first-order chi connectivity index (χ1) is 17.6. The van der Waals surface area contributed by atoms with Crippen LogP contribution in [0.25, 0.3) is 0 Å². The summed E-state index contributed by atoms with van der Waals surface area (Å²) in [6.07, 6.45) is 11.3. The number of ether oxygens (including phenoxy) is 1. The maximum absolute atomic E-state index is 12.4. The molecule has 6 aliphatic rings. The Bertz CT molecular complexity index is 983. The molecule has 7 heteroatoms. The largest absolute Gasteiger partial charge is 0.465 e. The van der Waals surface area contributed by atoms with Gasteiger partial charge in [0.05, 0.1) is 11.6 Å². The van der Waals surface area contributed by atoms with E-state index in [0.717, 1.165) is 82.9 Å². The lowest BCUT2D eigenvalue weighted by atomic mass is 9.42. The topological polar surface area (TPSA) is 90.3 Å². The maximum atomic E-state index is 12.4. The van der Waals surface area contributed by atoms with Crippen LogP contribution in [0, 0.1) is 40.4 Å². The second kappa shape index (κ2) is 8.97. The maximum Gasteiger partial charge on any atom is 0.407 e. The molecule has 0 aromatic rings. The Morgan fingerprint density at radius 3 is 2.59 bits per heavy atom. The van der Waals surface area contributed by atoms with Crippen molar-refractivity contribution in [2.45, 2.75) is 89.7 Å². The summed E-state index contributed by atoms with van der Waals surface area (Å²) in [7, 11) is 2.13. The van der Waals surface area contributed by atoms with Crippen molar-refractivity contribution in [3.8, 4) is 0 Å². The van der Waals surface area contributed by atoms with E-state index in [1.54, 1.807) is 11.0 Å². The third kappa shape index (κ3) is 3.81. The van der Waals surface area contributed by atoms with Crippen molar-refractivity contribution in [1.29, 1.82) is 0 Å². The van der Waals surface area contributed by atoms with Crippen LogP contribution >= 0.6 is 0 Å². The minimum absolute atomic E-state index is 0.0892. The third-order valence-corrected chi connectivity index (χ3v) is 12.7. The fourth-order valence-electron chi connectivity index (χ4n) is 10.6. The Morgan fingerprint density at radius 2 is 1.86 bits per heavy atom. The first-order valence-electron chi connectivity index (χ1n) is 14.8. The molecule has 37 heavy (non-hydrogen) atoms. The van der Waals surface area contributed by atoms with Gasteiger partial charge in [-0.15, -0.1) is 0 Å². The number of hydrogen-bond donors (Lipinski definition) is 2. The van der Waals surface area contributed by atoms with E-state index in [9.17, 15) is 19.8 Å². The predicted molar refractivity (Wildman–Crippen MR) is 140 cm³/mol. The van der Waals surface area contributed by atoms with E-state index in [-0.39, 0.29) is 28.8 Å². The van der Waals surface area contributed by atoms with Crippen molar-refractivity contribution < 1.29 is 24.5 Å². The number of esters is 1. The summed E-state index contributed by atoms with van der Waals surface area (Å²) < 4.78 is 5.27. The van der Waals surface area contributed by atoms with Crippen molar-refractivity contribution in [3.63, 3.8) is 0 Å². The molecule has 1 saturated heterocycles. The van der Waals surface area contributed by atoms with E-state index < -0.39 is 11.7 Å². The number of amides is 1. The third-order valence-electron chi connectivity index (χ3n) is 12.7. The molecule has 4 aliphatic carbocycles. The number of fused-ring (bicyclic) bond motifs is 5. The van der Waals surface area contributed by atoms with Crippen molar-refractivity contribution in [2.75, 3.05) is 33.3 Å². The summed E-state index contributed by atoms with van der Waals surface area (Å²) in [6.45, 7) is 7.64. The lowest BCUT2D eigenvalue weighted by molar-refractivity contribution is -0.207. The molecule has 4 saturated carbocycles. The summed E-state index contributed by atoms with van der Waals surface area (Å²) >= 11 is 0. The number of cyclic esters (lactones) is 1. The molecule has 7 nitrogen and oxygen atoms in total. The van der Waals surface area contributed by atoms with E-state index >= 15 is 0 Å². The molecular formula is C30H46N2O5. The summed E-state index contributed by atoms with van der Waals surface area (Å²) in [6, 6.07) is 0.0892. The zero-order chi connectivity index (χ0) is 26.2. The van der Waals surface area contributed by atoms with Crippen LogP contribution in [-0.4, -0.2) is 77.0 Å². The number of carbonyl (C=O) groups is 2. The van der Waals surface area contributed by atoms with E-state index in [0.29, 0.717) is 36.8 Å². The lowest BCUT2D eigenvalue weighted by Gasteiger charge is -2.64. The Hall–Kier alpha value is -1.60. The lowest BCUT2D eigenvalue weighted by Crippen LogP contribution is -2.62. The van der Waals surface area contributed by atoms with Crippen LogP contribution in [0.3, 0.4) is 0 Å². The normalized spacial score (nSPS) is 48.4. The number of aliphatic hydroxyl groups is 1. The van der Waals surface area contributed by atoms with Gasteiger partial charge in [-0.2, -0.15) is 0 Å². The van der Waals surface area contributed by atoms with E-state index in [2.05, 4.69) is 25.8 Å². The van der Waals surface area contributed by atoms with Gasteiger partial charge in [0, 0.05) is 24.6 Å². The Balaban J connectivity index is 1.22. The number of carboxylic acid groups (broad SMARTS) is 1. The minimum Gasteiger partial charge on any atom is -0.465 e. The van der Waals surface area contributed by atoms with Crippen LogP contribution in [0.15, 0.2) is 11.6 Å². The molecule has 1 amide bonds. The molecule has 3 unspecified atom stereocenters. The highest BCUT2D eigenvalue weighted by Gasteiger charge is 2.67. The number of carbonyl (C=O) groups excluding carboxylic acids is 1. The van der Waals surface area contributed by atoms with Gasteiger partial charge in [-0.05, 0) is 118 Å². The van der Waals surface area contributed by atoms with E-state index in [1.165, 1.54) is 0 Å². The summed E-state index contributed by atoms with van der Waals surface area (Å²) in [5.41, 5.74) is 0.437. The molecule has 6 rings (SSSR count). The highest BCUT2D eigenvalue weighted by molar-refractivity contribution is 5.85. The molecule has 0 aromatic carbocycles. The van der Waals surface area contributed by atoms with Crippen molar-refractivity contribution in [1.82, 2.24) is 9.80 Å². The van der Waals surface area contributed by atoms with Crippen molar-refractivity contribution in [3.05, 3.63) is 11.6 Å². The Morgan fingerprint density at radius 1 is 1.05 bits per heavy atom. The van der Waals surface area contributed by atoms with Gasteiger partial charge in [0.25, 0.3) is 0 Å². The van der Waals surface area contributed by atoms with Crippen LogP contribution in [0.2, 0.25) is 0 Å². The first-order valence-corrected chi connectivity index (χ1v) is 14.8. The summed E-state index contributed by atoms with van der Waals surface area (Å²) in [5.74, 6) is 1.87. The summed E-state index contributed by atoms with van der Waals surface area (Å²) in [5, 5.41) is 22.4. The van der Waals surface area contributed by atoms with Crippen LogP contribution < -0.4 is 0 Å². The van der Waals surface area contributed by atoms with E-state index in [1.807, 2.05) is 0 Å². The SMILES string of the molecule is CN1CCCN(C(=O)O)C(C2CC[C@@]3(C)C(CC[C@@H]4[C@@H]3CC[C@]3(C)[C@@H](C5=CC(=O)OC5)CC[C@]43O)C2)C1. The molecule has 0 radical (unpaired) electrons. The Kier molecular flexibility index (Phi) is 6.22. The molecule has 0 spiro atoms. The van der Waals surface area contributed by atoms with Crippen molar-refractivity contribution in [2.24, 2.45) is 40.4 Å². The van der Waals surface area contributed by atoms with Crippen LogP contribution in [-0.2, 0) is 9.53 Å². The molecule has 2 aliphatic heterocycles. The molecular weight excluding hydrogens is 468 g/mol. The summed E-state index contributed by atoms with van der Waals surface area (Å²) in [4.78, 5) is 28.1. The average Bonchev–Trinajstić information content (AvgIpc) is 3.32. The molecule has 0 aromatic heterocycles. The molecule has 206 valence electrons. The standard InChI is InChI=1S/C30H46N2O5/c1-28-10-7-19(25-17-31(3)13-4-14-32(25)27(34)35)15-21(28)5-6-24-23(28)8-11-29(2)22(9-12-30(24,29)36)20-16-26(33)37-18-20/h16,19,21-25,36H,4-15,17-18H2,1-3H3,(H,34,35)/t19?,21?,22-,23+,24-,25?,28+,29-,30+/m1/s1. The molecule has 5 fully saturated rings. The van der Waals surface area contributed by atoms with Crippen LogP contribution in [0.4, 0.5) is 4.79 Å². The second-order valence-electron chi connectivity index (χ2n) is 14.0. The first kappa shape index (κ1) is 25.7. The number of rotatable bonds is 2. The zero-order valence-corrected chi connectivity index (χ0v) is 23.0. The van der Waals surface area contributed by atoms with Gasteiger partial charge in [0.1, 0.15) is 6.61 Å². The zero-order valence-electron chi connectivity index (χ0n) is 23.0. The van der Waals surface area contributed by atoms with Gasteiger partial charge < -0.3 is 24.7 Å². The quantitative estimate of drug-likeness (QED) is 0.526. The molecule has 2 heterocycles. The minimum atomic E-state index is -0.758. The fraction of sp³-hybridized carbons (Fsp3) is 0.867. The monoisotopic (exact) mass is 514 g/mol. The van der Waals surface area contributed by atoms with Crippen molar-refractivity contribution >= 4 is 12.1 Å². The van der Waals surface area contributed by atoms with Gasteiger partial charge in [0.15, 0.2) is 0 Å². The molecule has 9 atom stereocenters. The highest BCUT2D eigenvalue weighted by atomic mass is 16.5. The van der Waals surface area contributed by atoms with Gasteiger partial charge in [-0.25, -0.2) is 9.59 Å². The van der Waals surface area contributed by atoms with Gasteiger partial charge >= 0.3 is 12.1 Å². The number of nitrogens with zero attached hydrogens (tertiary/aromatic N) is 2. The Labute approximate surface area is 221 Å². The smallest absolute Gasteiger partial charge is 0.407 e. The molecule has 0 bridgehead atoms. The highest BCUT2D eigenvalue weighted by Crippen LogP contribution is 2.70. The number of likely N-dealkylation sites (N-methyl/N-ethyl adjacent to an activating group) is 1. The van der Waals surface area contributed by atoms with E-state index in [4.69, 9.17) is 4.74 Å². The predicted octanol–water partition coefficient (Wildman–Crippen LogP) is 4.54.